The predicted octanol–water partition coefficient (Wildman–Crippen LogP) is 9.99. The van der Waals surface area contributed by atoms with Crippen LogP contribution in [0.1, 0.15) is 76.0 Å². The Balaban J connectivity index is 1.44. The molecule has 0 radical (unpaired) electrons. The van der Waals surface area contributed by atoms with Gasteiger partial charge in [0.25, 0.3) is 0 Å². The number of allylic oxidation sites excluding steroid dienone is 1. The molecule has 2 atom stereocenters. The summed E-state index contributed by atoms with van der Waals surface area (Å²) >= 11 is 0. The molecule has 4 rings (SSSR count). The lowest BCUT2D eigenvalue weighted by atomic mass is 9.92. The van der Waals surface area contributed by atoms with Gasteiger partial charge < -0.3 is 4.74 Å². The molecule has 3 aromatic carbocycles. The number of unbranched alkanes of at least 4 members (excludes halogenated alkanes) is 4. The highest BCUT2D eigenvalue weighted by atomic mass is 19.2. The van der Waals surface area contributed by atoms with E-state index in [1.807, 2.05) is 31.2 Å². The summed E-state index contributed by atoms with van der Waals surface area (Å²) in [5, 5.41) is 0. The first kappa shape index (κ1) is 27.2. The summed E-state index contributed by atoms with van der Waals surface area (Å²) in [5.41, 5.74) is 3.41. The van der Waals surface area contributed by atoms with E-state index < -0.39 is 11.6 Å². The molecule has 1 saturated heterocycles. The number of aryl methyl sites for hydroxylation is 1. The van der Waals surface area contributed by atoms with Crippen LogP contribution in [-0.4, -0.2) is 6.61 Å². The van der Waals surface area contributed by atoms with E-state index in [-0.39, 0.29) is 17.5 Å². The van der Waals surface area contributed by atoms with Crippen molar-refractivity contribution >= 4 is 0 Å². The maximum atomic E-state index is 15.0. The Morgan fingerprint density at radius 3 is 2.22 bits per heavy atom. The first-order valence-corrected chi connectivity index (χ1v) is 13.6. The molecule has 0 amide bonds. The van der Waals surface area contributed by atoms with Gasteiger partial charge in [-0.1, -0.05) is 93.3 Å². The van der Waals surface area contributed by atoms with Gasteiger partial charge in [-0.25, -0.2) is 13.2 Å². The fourth-order valence-electron chi connectivity index (χ4n) is 5.18. The van der Waals surface area contributed by atoms with E-state index in [1.165, 1.54) is 12.5 Å². The average molecular weight is 507 g/mol. The third-order valence-corrected chi connectivity index (χ3v) is 7.36. The van der Waals surface area contributed by atoms with Crippen molar-refractivity contribution in [1.29, 1.82) is 0 Å². The van der Waals surface area contributed by atoms with Crippen LogP contribution in [0.5, 0.6) is 0 Å². The van der Waals surface area contributed by atoms with Crippen molar-refractivity contribution < 1.29 is 17.9 Å². The van der Waals surface area contributed by atoms with Gasteiger partial charge in [0, 0.05) is 17.0 Å². The fourth-order valence-corrected chi connectivity index (χ4v) is 5.18. The summed E-state index contributed by atoms with van der Waals surface area (Å²) in [5.74, 6) is -1.45. The molecule has 0 bridgehead atoms. The molecule has 0 saturated carbocycles. The number of rotatable bonds is 10. The van der Waals surface area contributed by atoms with Gasteiger partial charge in [0.15, 0.2) is 11.6 Å². The molecular formula is C33H37F3O. The zero-order valence-electron chi connectivity index (χ0n) is 21.9. The van der Waals surface area contributed by atoms with E-state index in [9.17, 15) is 8.78 Å². The quantitative estimate of drug-likeness (QED) is 0.196. The molecule has 1 aliphatic rings. The topological polar surface area (TPSA) is 9.23 Å². The minimum absolute atomic E-state index is 0.227. The molecule has 1 nitrogen and oxygen atoms in total. The van der Waals surface area contributed by atoms with Crippen LogP contribution in [0.2, 0.25) is 0 Å². The largest absolute Gasteiger partial charge is 0.373 e. The summed E-state index contributed by atoms with van der Waals surface area (Å²) in [7, 11) is 0. The molecule has 37 heavy (non-hydrogen) atoms. The molecule has 1 heterocycles. The monoisotopic (exact) mass is 506 g/mol. The molecule has 2 unspecified atom stereocenters. The zero-order valence-corrected chi connectivity index (χ0v) is 21.9. The first-order valence-electron chi connectivity index (χ1n) is 13.6. The summed E-state index contributed by atoms with van der Waals surface area (Å²) in [4.78, 5) is 0. The molecule has 1 aliphatic heterocycles. The van der Waals surface area contributed by atoms with E-state index in [0.717, 1.165) is 49.7 Å². The van der Waals surface area contributed by atoms with Crippen molar-refractivity contribution in [2.45, 2.75) is 71.3 Å². The number of halogens is 3. The molecule has 196 valence electrons. The van der Waals surface area contributed by atoms with Crippen LogP contribution < -0.4 is 0 Å². The summed E-state index contributed by atoms with van der Waals surface area (Å²) in [6, 6.07) is 15.7. The van der Waals surface area contributed by atoms with Gasteiger partial charge in [-0.2, -0.15) is 0 Å². The second kappa shape index (κ2) is 13.1. The highest BCUT2D eigenvalue weighted by molar-refractivity contribution is 5.71. The Morgan fingerprint density at radius 2 is 1.54 bits per heavy atom. The lowest BCUT2D eigenvalue weighted by molar-refractivity contribution is -0.00711. The van der Waals surface area contributed by atoms with Crippen molar-refractivity contribution in [3.05, 3.63) is 95.3 Å². The summed E-state index contributed by atoms with van der Waals surface area (Å²) in [6.45, 7) is 4.76. The molecule has 0 spiro atoms. The zero-order chi connectivity index (χ0) is 26.2. The first-order chi connectivity index (χ1) is 18.0. The smallest absolute Gasteiger partial charge is 0.166 e. The number of hydrogen-bond acceptors (Lipinski definition) is 1. The average Bonchev–Trinajstić information content (AvgIpc) is 2.92. The Morgan fingerprint density at radius 1 is 0.811 bits per heavy atom. The Labute approximate surface area is 219 Å². The minimum atomic E-state index is -0.807. The van der Waals surface area contributed by atoms with E-state index in [0.29, 0.717) is 35.6 Å². The van der Waals surface area contributed by atoms with Crippen molar-refractivity contribution in [2.24, 2.45) is 5.92 Å². The third-order valence-electron chi connectivity index (χ3n) is 7.36. The van der Waals surface area contributed by atoms with E-state index in [4.69, 9.17) is 4.74 Å². The SMILES string of the molecule is CC=CC1CCC(c2ccc(-c3ccc(-c4ccc(CCCCCCC)c(F)c4F)cc3)cc2F)OC1. The molecule has 4 heteroatoms. The number of benzene rings is 3. The second-order valence-electron chi connectivity index (χ2n) is 10.1. The Hall–Kier alpha value is -2.85. The third kappa shape index (κ3) is 6.73. The van der Waals surface area contributed by atoms with Gasteiger partial charge in [-0.15, -0.1) is 0 Å². The van der Waals surface area contributed by atoms with Gasteiger partial charge in [0.05, 0.1) is 12.7 Å². The van der Waals surface area contributed by atoms with Crippen LogP contribution in [0.3, 0.4) is 0 Å². The Kier molecular flexibility index (Phi) is 9.62. The summed E-state index contributed by atoms with van der Waals surface area (Å²) in [6.07, 6.45) is 11.6. The molecule has 0 aliphatic carbocycles. The van der Waals surface area contributed by atoms with E-state index in [2.05, 4.69) is 13.0 Å². The van der Waals surface area contributed by atoms with E-state index >= 15 is 4.39 Å². The van der Waals surface area contributed by atoms with Gasteiger partial charge >= 0.3 is 0 Å². The van der Waals surface area contributed by atoms with Gasteiger partial charge in [-0.05, 0) is 60.9 Å². The number of hydrogen-bond donors (Lipinski definition) is 0. The van der Waals surface area contributed by atoms with Crippen molar-refractivity contribution in [3.63, 3.8) is 0 Å². The van der Waals surface area contributed by atoms with Crippen molar-refractivity contribution in [1.82, 2.24) is 0 Å². The maximum Gasteiger partial charge on any atom is 0.166 e. The van der Waals surface area contributed by atoms with Gasteiger partial charge in [0.2, 0.25) is 0 Å². The van der Waals surface area contributed by atoms with Crippen LogP contribution in [0.4, 0.5) is 13.2 Å². The molecule has 3 aromatic rings. The van der Waals surface area contributed by atoms with Gasteiger partial charge in [0.1, 0.15) is 5.82 Å². The predicted molar refractivity (Wildman–Crippen MR) is 146 cm³/mol. The van der Waals surface area contributed by atoms with Crippen LogP contribution >= 0.6 is 0 Å². The van der Waals surface area contributed by atoms with Crippen molar-refractivity contribution in [2.75, 3.05) is 6.61 Å². The van der Waals surface area contributed by atoms with Crippen molar-refractivity contribution in [3.8, 4) is 22.3 Å². The Bertz CT molecular complexity index is 1190. The molecular weight excluding hydrogens is 469 g/mol. The van der Waals surface area contributed by atoms with Crippen LogP contribution in [0.25, 0.3) is 22.3 Å². The molecule has 0 aromatic heterocycles. The highest BCUT2D eigenvalue weighted by Gasteiger charge is 2.24. The van der Waals surface area contributed by atoms with E-state index in [1.54, 1.807) is 30.3 Å². The molecule has 0 N–H and O–H groups in total. The normalized spacial score (nSPS) is 18.0. The van der Waals surface area contributed by atoms with Crippen LogP contribution in [0, 0.1) is 23.4 Å². The van der Waals surface area contributed by atoms with Crippen LogP contribution in [-0.2, 0) is 11.2 Å². The summed E-state index contributed by atoms with van der Waals surface area (Å²) < 4.78 is 50.6. The standard InChI is InChI=1S/C33H37F3O/c1-3-5-6-7-8-10-26-16-18-28(33(36)32(26)35)25-14-12-24(13-15-25)27-17-19-29(30(34)21-27)31-20-11-23(9-4-2)22-37-31/h4,9,12-19,21,23,31H,3,5-8,10-11,20,22H2,1-2H3. The number of ether oxygens (including phenoxy) is 1. The van der Waals surface area contributed by atoms with Gasteiger partial charge in [-0.3, -0.25) is 0 Å². The fraction of sp³-hybridized carbons (Fsp3) is 0.394. The van der Waals surface area contributed by atoms with Crippen LogP contribution in [0.15, 0.2) is 66.7 Å². The molecule has 1 fully saturated rings. The maximum absolute atomic E-state index is 15.0. The minimum Gasteiger partial charge on any atom is -0.373 e. The lowest BCUT2D eigenvalue weighted by Gasteiger charge is -2.28. The highest BCUT2D eigenvalue weighted by Crippen LogP contribution is 2.35. The second-order valence-corrected chi connectivity index (χ2v) is 10.1. The lowest BCUT2D eigenvalue weighted by Crippen LogP contribution is -2.20.